The van der Waals surface area contributed by atoms with Gasteiger partial charge in [-0.2, -0.15) is 0 Å². The molecule has 0 aliphatic heterocycles. The van der Waals surface area contributed by atoms with Crippen LogP contribution in [0.5, 0.6) is 5.75 Å². The predicted octanol–water partition coefficient (Wildman–Crippen LogP) is 4.41. The Bertz CT molecular complexity index is 673. The predicted molar refractivity (Wildman–Crippen MR) is 84.4 cm³/mol. The van der Waals surface area contributed by atoms with Crippen molar-refractivity contribution in [3.8, 4) is 5.75 Å². The van der Waals surface area contributed by atoms with E-state index in [1.165, 1.54) is 19.2 Å². The van der Waals surface area contributed by atoms with Crippen LogP contribution in [0.15, 0.2) is 40.9 Å². The van der Waals surface area contributed by atoms with Crippen molar-refractivity contribution in [1.82, 2.24) is 0 Å². The quantitative estimate of drug-likeness (QED) is 0.885. The van der Waals surface area contributed by atoms with Gasteiger partial charge in [-0.05, 0) is 42.3 Å². The van der Waals surface area contributed by atoms with Gasteiger partial charge < -0.3 is 10.1 Å². The van der Waals surface area contributed by atoms with Gasteiger partial charge in [0.15, 0.2) is 0 Å². The highest BCUT2D eigenvalue weighted by Crippen LogP contribution is 2.23. The molecule has 110 valence electrons. The van der Waals surface area contributed by atoms with Gasteiger partial charge in [0.05, 0.1) is 12.7 Å². The Morgan fingerprint density at radius 1 is 1.29 bits per heavy atom. The average molecular weight is 352 g/mol. The van der Waals surface area contributed by atoms with E-state index in [4.69, 9.17) is 4.74 Å². The maximum absolute atomic E-state index is 13.9. The molecule has 0 unspecified atom stereocenters. The monoisotopic (exact) mass is 351 g/mol. The number of methoxy groups -OCH3 is 1. The fraction of sp³-hybridized carbons (Fsp3) is 0.188. The van der Waals surface area contributed by atoms with Gasteiger partial charge in [0.2, 0.25) is 0 Å². The van der Waals surface area contributed by atoms with Crippen LogP contribution in [0.3, 0.4) is 0 Å². The molecule has 2 rings (SSSR count). The third-order valence-electron chi connectivity index (χ3n) is 3.12. The molecule has 0 saturated heterocycles. The molecule has 1 N–H and O–H groups in total. The van der Waals surface area contributed by atoms with E-state index in [0.717, 1.165) is 16.5 Å². The molecule has 1 amide bonds. The van der Waals surface area contributed by atoms with Gasteiger partial charge in [-0.15, -0.1) is 0 Å². The SMILES string of the molecule is CCc1cc(Br)ccc1NC(=O)c1ccc(OC)cc1F. The molecular weight excluding hydrogens is 337 g/mol. The van der Waals surface area contributed by atoms with Crippen molar-refractivity contribution in [2.75, 3.05) is 12.4 Å². The highest BCUT2D eigenvalue weighted by Gasteiger charge is 2.14. The highest BCUT2D eigenvalue weighted by atomic mass is 79.9. The minimum atomic E-state index is -0.609. The minimum Gasteiger partial charge on any atom is -0.497 e. The van der Waals surface area contributed by atoms with Crippen molar-refractivity contribution in [2.24, 2.45) is 0 Å². The molecule has 0 aromatic heterocycles. The van der Waals surface area contributed by atoms with Crippen LogP contribution in [0.4, 0.5) is 10.1 Å². The summed E-state index contributed by atoms with van der Waals surface area (Å²) in [6.07, 6.45) is 0.764. The first-order valence-corrected chi connectivity index (χ1v) is 7.27. The summed E-state index contributed by atoms with van der Waals surface area (Å²) in [4.78, 5) is 12.2. The van der Waals surface area contributed by atoms with Crippen LogP contribution in [0, 0.1) is 5.82 Å². The number of amides is 1. The second-order valence-electron chi connectivity index (χ2n) is 4.45. The molecule has 0 fully saturated rings. The van der Waals surface area contributed by atoms with E-state index >= 15 is 0 Å². The van der Waals surface area contributed by atoms with Crippen LogP contribution in [0.25, 0.3) is 0 Å². The van der Waals surface area contributed by atoms with Gasteiger partial charge in [-0.1, -0.05) is 22.9 Å². The lowest BCUT2D eigenvalue weighted by Gasteiger charge is -2.11. The molecule has 5 heteroatoms. The summed E-state index contributed by atoms with van der Waals surface area (Å²) in [6.45, 7) is 1.99. The van der Waals surface area contributed by atoms with Gasteiger partial charge >= 0.3 is 0 Å². The van der Waals surface area contributed by atoms with E-state index in [1.807, 2.05) is 19.1 Å². The van der Waals surface area contributed by atoms with E-state index in [0.29, 0.717) is 11.4 Å². The third-order valence-corrected chi connectivity index (χ3v) is 3.61. The molecular formula is C16H15BrFNO2. The van der Waals surface area contributed by atoms with Crippen molar-refractivity contribution in [3.05, 3.63) is 57.8 Å². The molecule has 21 heavy (non-hydrogen) atoms. The molecule has 2 aromatic rings. The molecule has 0 saturated carbocycles. The first-order valence-electron chi connectivity index (χ1n) is 6.48. The van der Waals surface area contributed by atoms with Gasteiger partial charge in [-0.3, -0.25) is 4.79 Å². The van der Waals surface area contributed by atoms with E-state index in [1.54, 1.807) is 12.1 Å². The number of benzene rings is 2. The van der Waals surface area contributed by atoms with Gasteiger partial charge in [-0.25, -0.2) is 4.39 Å². The number of aryl methyl sites for hydroxylation is 1. The van der Waals surface area contributed by atoms with Crippen LogP contribution in [-0.2, 0) is 6.42 Å². The first-order chi connectivity index (χ1) is 10.0. The topological polar surface area (TPSA) is 38.3 Å². The normalized spacial score (nSPS) is 10.3. The number of carbonyl (C=O) groups excluding carboxylic acids is 1. The zero-order chi connectivity index (χ0) is 15.4. The summed E-state index contributed by atoms with van der Waals surface area (Å²) < 4.78 is 19.7. The van der Waals surface area contributed by atoms with E-state index in [9.17, 15) is 9.18 Å². The molecule has 0 aliphatic rings. The lowest BCUT2D eigenvalue weighted by molar-refractivity contribution is 0.102. The first kappa shape index (κ1) is 15.5. The number of carbonyl (C=O) groups is 1. The number of nitrogens with one attached hydrogen (secondary N) is 1. The second kappa shape index (κ2) is 6.72. The summed E-state index contributed by atoms with van der Waals surface area (Å²) >= 11 is 3.39. The van der Waals surface area contributed by atoms with Gasteiger partial charge in [0.1, 0.15) is 11.6 Å². The molecule has 0 radical (unpaired) electrons. The Morgan fingerprint density at radius 3 is 2.67 bits per heavy atom. The molecule has 0 heterocycles. The number of rotatable bonds is 4. The number of hydrogen-bond donors (Lipinski definition) is 1. The van der Waals surface area contributed by atoms with Crippen LogP contribution in [0.1, 0.15) is 22.8 Å². The van der Waals surface area contributed by atoms with E-state index < -0.39 is 11.7 Å². The van der Waals surface area contributed by atoms with E-state index in [2.05, 4.69) is 21.2 Å². The number of anilines is 1. The Morgan fingerprint density at radius 2 is 2.05 bits per heavy atom. The molecule has 0 aliphatic carbocycles. The fourth-order valence-corrected chi connectivity index (χ4v) is 2.38. The summed E-state index contributed by atoms with van der Waals surface area (Å²) in [5, 5.41) is 2.74. The highest BCUT2D eigenvalue weighted by molar-refractivity contribution is 9.10. The van der Waals surface area contributed by atoms with Crippen molar-refractivity contribution in [2.45, 2.75) is 13.3 Å². The lowest BCUT2D eigenvalue weighted by Crippen LogP contribution is -2.15. The lowest BCUT2D eigenvalue weighted by atomic mass is 10.1. The van der Waals surface area contributed by atoms with Gasteiger partial charge in [0, 0.05) is 16.2 Å². The molecule has 2 aromatic carbocycles. The summed E-state index contributed by atoms with van der Waals surface area (Å²) in [7, 11) is 1.45. The number of hydrogen-bond acceptors (Lipinski definition) is 2. The smallest absolute Gasteiger partial charge is 0.258 e. The van der Waals surface area contributed by atoms with Crippen LogP contribution in [-0.4, -0.2) is 13.0 Å². The van der Waals surface area contributed by atoms with Crippen molar-refractivity contribution < 1.29 is 13.9 Å². The Labute approximate surface area is 131 Å². The third kappa shape index (κ3) is 3.61. The average Bonchev–Trinajstić information content (AvgIpc) is 2.48. The van der Waals surface area contributed by atoms with Gasteiger partial charge in [0.25, 0.3) is 5.91 Å². The molecule has 0 bridgehead atoms. The Hall–Kier alpha value is -1.88. The van der Waals surface area contributed by atoms with Crippen LogP contribution >= 0.6 is 15.9 Å². The second-order valence-corrected chi connectivity index (χ2v) is 5.37. The largest absolute Gasteiger partial charge is 0.497 e. The summed E-state index contributed by atoms with van der Waals surface area (Å²) in [5.74, 6) is -0.712. The van der Waals surface area contributed by atoms with Crippen LogP contribution in [0.2, 0.25) is 0 Å². The van der Waals surface area contributed by atoms with Crippen molar-refractivity contribution >= 4 is 27.5 Å². The standard InChI is InChI=1S/C16H15BrFNO2/c1-3-10-8-11(17)4-7-15(10)19-16(20)13-6-5-12(21-2)9-14(13)18/h4-9H,3H2,1-2H3,(H,19,20). The fourth-order valence-electron chi connectivity index (χ4n) is 1.97. The summed E-state index contributed by atoms with van der Waals surface area (Å²) in [6, 6.07) is 9.72. The maximum atomic E-state index is 13.9. The molecule has 0 spiro atoms. The molecule has 0 atom stereocenters. The van der Waals surface area contributed by atoms with E-state index in [-0.39, 0.29) is 5.56 Å². The zero-order valence-corrected chi connectivity index (χ0v) is 13.3. The van der Waals surface area contributed by atoms with Crippen LogP contribution < -0.4 is 10.1 Å². The van der Waals surface area contributed by atoms with Crippen molar-refractivity contribution in [1.29, 1.82) is 0 Å². The maximum Gasteiger partial charge on any atom is 0.258 e. The zero-order valence-electron chi connectivity index (χ0n) is 11.7. The Balaban J connectivity index is 2.26. The molecule has 3 nitrogen and oxygen atoms in total. The minimum absolute atomic E-state index is 0.0132. The number of halogens is 2. The Kier molecular flexibility index (Phi) is 4.96. The summed E-state index contributed by atoms with van der Waals surface area (Å²) in [5.41, 5.74) is 1.65. The van der Waals surface area contributed by atoms with Crippen molar-refractivity contribution in [3.63, 3.8) is 0 Å². The number of ether oxygens (including phenoxy) is 1.